The van der Waals surface area contributed by atoms with Crippen LogP contribution in [0, 0.1) is 0 Å². The summed E-state index contributed by atoms with van der Waals surface area (Å²) in [6.45, 7) is 8.51. The fourth-order valence-corrected chi connectivity index (χ4v) is 2.68. The summed E-state index contributed by atoms with van der Waals surface area (Å²) in [7, 11) is 1.93. The molecule has 0 saturated heterocycles. The van der Waals surface area contributed by atoms with Gasteiger partial charge < -0.3 is 9.88 Å². The van der Waals surface area contributed by atoms with Crippen LogP contribution in [0.2, 0.25) is 0 Å². The molecule has 20 heavy (non-hydrogen) atoms. The number of nitrogens with zero attached hydrogens (tertiary/aromatic N) is 5. The molecule has 1 unspecified atom stereocenters. The van der Waals surface area contributed by atoms with Gasteiger partial charge in [-0.2, -0.15) is 5.10 Å². The molecule has 0 saturated carbocycles. The summed E-state index contributed by atoms with van der Waals surface area (Å²) in [6, 6.07) is 0.0892. The van der Waals surface area contributed by atoms with Gasteiger partial charge in [-0.1, -0.05) is 20.8 Å². The molecule has 3 heterocycles. The summed E-state index contributed by atoms with van der Waals surface area (Å²) in [5, 5.41) is 16.7. The topological polar surface area (TPSA) is 60.6 Å². The molecule has 0 aliphatic carbocycles. The van der Waals surface area contributed by atoms with Crippen LogP contribution < -0.4 is 5.32 Å². The van der Waals surface area contributed by atoms with Crippen molar-refractivity contribution < 1.29 is 0 Å². The van der Waals surface area contributed by atoms with E-state index in [1.165, 1.54) is 0 Å². The molecule has 6 heteroatoms. The van der Waals surface area contributed by atoms with Gasteiger partial charge in [0, 0.05) is 37.3 Å². The first-order valence-corrected chi connectivity index (χ1v) is 7.18. The van der Waals surface area contributed by atoms with Crippen LogP contribution in [-0.4, -0.2) is 31.1 Å². The van der Waals surface area contributed by atoms with Gasteiger partial charge in [0.2, 0.25) is 0 Å². The van der Waals surface area contributed by atoms with E-state index in [1.807, 2.05) is 24.1 Å². The Labute approximate surface area is 119 Å². The number of rotatable bonds is 3. The zero-order valence-corrected chi connectivity index (χ0v) is 12.6. The lowest BCUT2D eigenvalue weighted by Crippen LogP contribution is -2.36. The van der Waals surface area contributed by atoms with Crippen LogP contribution in [0.25, 0.3) is 0 Å². The largest absolute Gasteiger partial charge is 0.312 e. The van der Waals surface area contributed by atoms with Crippen LogP contribution in [0.5, 0.6) is 0 Å². The predicted octanol–water partition coefficient (Wildman–Crippen LogP) is 1.39. The van der Waals surface area contributed by atoms with Crippen molar-refractivity contribution in [3.8, 4) is 0 Å². The van der Waals surface area contributed by atoms with E-state index in [2.05, 4.69) is 46.0 Å². The highest BCUT2D eigenvalue weighted by molar-refractivity contribution is 5.23. The zero-order valence-electron chi connectivity index (χ0n) is 12.6. The van der Waals surface area contributed by atoms with Crippen molar-refractivity contribution in [1.82, 2.24) is 29.9 Å². The standard InChI is InChI=1S/C14H22N6/c1-5-14(2,3)13-18-17-12-11(15-6-7-20(12)13)10-8-16-19(4)9-10/h8-9,11,15H,5-7H2,1-4H3. The Kier molecular flexibility index (Phi) is 3.12. The van der Waals surface area contributed by atoms with Gasteiger partial charge in [0.25, 0.3) is 0 Å². The summed E-state index contributed by atoms with van der Waals surface area (Å²) >= 11 is 0. The summed E-state index contributed by atoms with van der Waals surface area (Å²) in [5.41, 5.74) is 1.20. The molecule has 0 amide bonds. The van der Waals surface area contributed by atoms with Gasteiger partial charge in [0.1, 0.15) is 5.82 Å². The number of hydrogen-bond donors (Lipinski definition) is 1. The minimum atomic E-state index is 0.0576. The molecule has 2 aromatic heterocycles. The number of nitrogens with one attached hydrogen (secondary N) is 1. The summed E-state index contributed by atoms with van der Waals surface area (Å²) < 4.78 is 4.10. The van der Waals surface area contributed by atoms with Gasteiger partial charge in [-0.3, -0.25) is 4.68 Å². The SMILES string of the molecule is CCC(C)(C)c1nnc2n1CCNC2c1cnn(C)c1. The first-order valence-electron chi connectivity index (χ1n) is 7.18. The number of fused-ring (bicyclic) bond motifs is 1. The quantitative estimate of drug-likeness (QED) is 0.919. The Morgan fingerprint density at radius 2 is 2.20 bits per heavy atom. The van der Waals surface area contributed by atoms with E-state index in [4.69, 9.17) is 0 Å². The lowest BCUT2D eigenvalue weighted by Gasteiger charge is -2.28. The Morgan fingerprint density at radius 3 is 2.85 bits per heavy atom. The Bertz CT molecular complexity index is 609. The maximum absolute atomic E-state index is 4.47. The van der Waals surface area contributed by atoms with Gasteiger partial charge in [-0.25, -0.2) is 0 Å². The van der Waals surface area contributed by atoms with Crippen LogP contribution >= 0.6 is 0 Å². The Balaban J connectivity index is 2.03. The molecular weight excluding hydrogens is 252 g/mol. The first kappa shape index (κ1) is 13.3. The fraction of sp³-hybridized carbons (Fsp3) is 0.643. The first-order chi connectivity index (χ1) is 9.53. The molecule has 108 valence electrons. The molecule has 1 N–H and O–H groups in total. The van der Waals surface area contributed by atoms with Crippen LogP contribution in [0.4, 0.5) is 0 Å². The van der Waals surface area contributed by atoms with E-state index >= 15 is 0 Å². The molecule has 1 atom stereocenters. The maximum atomic E-state index is 4.47. The molecule has 1 aliphatic heterocycles. The number of hydrogen-bond acceptors (Lipinski definition) is 4. The molecule has 1 aliphatic rings. The van der Waals surface area contributed by atoms with Crippen molar-refractivity contribution in [1.29, 1.82) is 0 Å². The number of aryl methyl sites for hydroxylation is 1. The zero-order chi connectivity index (χ0) is 14.3. The lowest BCUT2D eigenvalue weighted by atomic mass is 9.89. The predicted molar refractivity (Wildman–Crippen MR) is 76.4 cm³/mol. The van der Waals surface area contributed by atoms with Crippen LogP contribution in [0.3, 0.4) is 0 Å². The van der Waals surface area contributed by atoms with Gasteiger partial charge >= 0.3 is 0 Å². The minimum absolute atomic E-state index is 0.0576. The van der Waals surface area contributed by atoms with Gasteiger partial charge in [-0.05, 0) is 6.42 Å². The Morgan fingerprint density at radius 1 is 1.40 bits per heavy atom. The second-order valence-corrected chi connectivity index (χ2v) is 6.11. The average molecular weight is 274 g/mol. The van der Waals surface area contributed by atoms with Gasteiger partial charge in [0.15, 0.2) is 5.82 Å². The van der Waals surface area contributed by atoms with Crippen LogP contribution in [-0.2, 0) is 19.0 Å². The summed E-state index contributed by atoms with van der Waals surface area (Å²) in [6.07, 6.45) is 4.98. The third-order valence-corrected chi connectivity index (χ3v) is 4.27. The van der Waals surface area contributed by atoms with Crippen molar-refractivity contribution in [3.63, 3.8) is 0 Å². The van der Waals surface area contributed by atoms with Crippen LogP contribution in [0.15, 0.2) is 12.4 Å². The third kappa shape index (κ3) is 2.04. The fourth-order valence-electron chi connectivity index (χ4n) is 2.68. The van der Waals surface area contributed by atoms with E-state index in [9.17, 15) is 0 Å². The molecule has 0 fully saturated rings. The lowest BCUT2D eigenvalue weighted by molar-refractivity contribution is 0.399. The highest BCUT2D eigenvalue weighted by atomic mass is 15.3. The smallest absolute Gasteiger partial charge is 0.154 e. The molecule has 2 aromatic rings. The minimum Gasteiger partial charge on any atom is -0.312 e. The molecule has 0 bridgehead atoms. The van der Waals surface area contributed by atoms with Crippen molar-refractivity contribution in [3.05, 3.63) is 29.6 Å². The van der Waals surface area contributed by atoms with E-state index in [-0.39, 0.29) is 11.5 Å². The van der Waals surface area contributed by atoms with Crippen LogP contribution in [0.1, 0.15) is 50.4 Å². The maximum Gasteiger partial charge on any atom is 0.154 e. The van der Waals surface area contributed by atoms with E-state index in [1.54, 1.807) is 0 Å². The summed E-state index contributed by atoms with van der Waals surface area (Å²) in [4.78, 5) is 0. The van der Waals surface area contributed by atoms with Crippen molar-refractivity contribution in [2.75, 3.05) is 6.54 Å². The second-order valence-electron chi connectivity index (χ2n) is 6.11. The van der Waals surface area contributed by atoms with Crippen molar-refractivity contribution in [2.24, 2.45) is 7.05 Å². The van der Waals surface area contributed by atoms with E-state index in [0.29, 0.717) is 0 Å². The monoisotopic (exact) mass is 274 g/mol. The molecule has 0 radical (unpaired) electrons. The molecule has 0 spiro atoms. The molecule has 0 aromatic carbocycles. The highest BCUT2D eigenvalue weighted by Crippen LogP contribution is 2.30. The average Bonchev–Trinajstić information content (AvgIpc) is 3.04. The molecule has 3 rings (SSSR count). The van der Waals surface area contributed by atoms with E-state index in [0.717, 1.165) is 36.7 Å². The molecule has 6 nitrogen and oxygen atoms in total. The summed E-state index contributed by atoms with van der Waals surface area (Å²) in [5.74, 6) is 2.09. The number of aromatic nitrogens is 5. The van der Waals surface area contributed by atoms with Crippen molar-refractivity contribution >= 4 is 0 Å². The Hall–Kier alpha value is -1.69. The molecular formula is C14H22N6. The van der Waals surface area contributed by atoms with E-state index < -0.39 is 0 Å². The normalized spacial score (nSPS) is 19.1. The van der Waals surface area contributed by atoms with Crippen molar-refractivity contribution in [2.45, 2.75) is 45.2 Å². The third-order valence-electron chi connectivity index (χ3n) is 4.27. The van der Waals surface area contributed by atoms with Gasteiger partial charge in [-0.15, -0.1) is 10.2 Å². The van der Waals surface area contributed by atoms with Gasteiger partial charge in [0.05, 0.1) is 12.2 Å². The highest BCUT2D eigenvalue weighted by Gasteiger charge is 2.32. The second kappa shape index (κ2) is 4.70.